The lowest BCUT2D eigenvalue weighted by atomic mass is 10.1. The van der Waals surface area contributed by atoms with Crippen LogP contribution in [0.2, 0.25) is 0 Å². The molecule has 0 aliphatic heterocycles. The average Bonchev–Trinajstić information content (AvgIpc) is 1.99. The second kappa shape index (κ2) is 5.52. The van der Waals surface area contributed by atoms with E-state index in [2.05, 4.69) is 5.32 Å². The summed E-state index contributed by atoms with van der Waals surface area (Å²) in [6.45, 7) is 5.86. The number of hydrogen-bond acceptors (Lipinski definition) is 3. The molecule has 0 atom stereocenters. The molecule has 3 nitrogen and oxygen atoms in total. The molecule has 0 aromatic heterocycles. The molecule has 0 rings (SSSR count). The van der Waals surface area contributed by atoms with Crippen LogP contribution < -0.4 is 5.32 Å². The van der Waals surface area contributed by atoms with Gasteiger partial charge < -0.3 is 15.2 Å². The number of hydrogen-bond donors (Lipinski definition) is 2. The minimum Gasteiger partial charge on any atom is -0.395 e. The van der Waals surface area contributed by atoms with E-state index in [0.717, 1.165) is 13.0 Å². The summed E-state index contributed by atoms with van der Waals surface area (Å²) in [6, 6.07) is 0. The molecular weight excluding hydrogens is 142 g/mol. The van der Waals surface area contributed by atoms with E-state index in [1.54, 1.807) is 7.11 Å². The lowest BCUT2D eigenvalue weighted by molar-refractivity contribution is 0.0157. The highest BCUT2D eigenvalue weighted by Gasteiger charge is 2.14. The number of aliphatic hydroxyl groups is 1. The van der Waals surface area contributed by atoms with Crippen LogP contribution in [0.15, 0.2) is 0 Å². The zero-order chi connectivity index (χ0) is 8.74. The lowest BCUT2D eigenvalue weighted by Gasteiger charge is -2.22. The highest BCUT2D eigenvalue weighted by atomic mass is 16.5. The summed E-state index contributed by atoms with van der Waals surface area (Å²) in [5, 5.41) is 11.6. The number of ether oxygens (including phenoxy) is 1. The van der Waals surface area contributed by atoms with E-state index in [9.17, 15) is 0 Å². The van der Waals surface area contributed by atoms with Gasteiger partial charge in [-0.25, -0.2) is 0 Å². The highest BCUT2D eigenvalue weighted by molar-refractivity contribution is 4.68. The minimum absolute atomic E-state index is 0.0531. The Hall–Kier alpha value is -0.120. The molecule has 0 aromatic rings. The Kier molecular flexibility index (Phi) is 5.46. The number of nitrogens with one attached hydrogen (secondary N) is 1. The Bertz CT molecular complexity index is 94.1. The summed E-state index contributed by atoms with van der Waals surface area (Å²) < 4.78 is 5.22. The van der Waals surface area contributed by atoms with Crippen LogP contribution in [-0.4, -0.2) is 37.5 Å². The van der Waals surface area contributed by atoms with Gasteiger partial charge in [0.25, 0.3) is 0 Å². The number of methoxy groups -OCH3 is 1. The largest absolute Gasteiger partial charge is 0.395 e. The molecule has 0 radical (unpaired) electrons. The van der Waals surface area contributed by atoms with Gasteiger partial charge in [0.15, 0.2) is 0 Å². The van der Waals surface area contributed by atoms with E-state index in [4.69, 9.17) is 9.84 Å². The van der Waals surface area contributed by atoms with E-state index < -0.39 is 0 Å². The van der Waals surface area contributed by atoms with Crippen LogP contribution in [0.5, 0.6) is 0 Å². The molecule has 0 spiro atoms. The van der Waals surface area contributed by atoms with Crippen LogP contribution in [0.4, 0.5) is 0 Å². The first kappa shape index (κ1) is 10.9. The van der Waals surface area contributed by atoms with E-state index >= 15 is 0 Å². The molecule has 11 heavy (non-hydrogen) atoms. The molecule has 0 aliphatic carbocycles. The molecule has 0 aliphatic rings. The van der Waals surface area contributed by atoms with Crippen molar-refractivity contribution < 1.29 is 9.84 Å². The van der Waals surface area contributed by atoms with Gasteiger partial charge in [-0.05, 0) is 26.8 Å². The fraction of sp³-hybridized carbons (Fsp3) is 1.00. The van der Waals surface area contributed by atoms with E-state index in [0.29, 0.717) is 6.54 Å². The Labute approximate surface area is 68.8 Å². The van der Waals surface area contributed by atoms with Gasteiger partial charge in [-0.1, -0.05) is 0 Å². The first-order valence-electron chi connectivity index (χ1n) is 3.99. The molecule has 3 heteroatoms. The maximum atomic E-state index is 8.46. The molecule has 0 fully saturated rings. The molecule has 2 N–H and O–H groups in total. The van der Waals surface area contributed by atoms with Gasteiger partial charge in [-0.15, -0.1) is 0 Å². The van der Waals surface area contributed by atoms with Crippen molar-refractivity contribution in [3.05, 3.63) is 0 Å². The quantitative estimate of drug-likeness (QED) is 0.553. The van der Waals surface area contributed by atoms with Crippen molar-refractivity contribution >= 4 is 0 Å². The van der Waals surface area contributed by atoms with Crippen LogP contribution in [0.25, 0.3) is 0 Å². The zero-order valence-electron chi connectivity index (χ0n) is 7.68. The van der Waals surface area contributed by atoms with Crippen molar-refractivity contribution in [1.29, 1.82) is 0 Å². The summed E-state index contributed by atoms with van der Waals surface area (Å²) in [5.74, 6) is 0. The van der Waals surface area contributed by atoms with Gasteiger partial charge in [-0.2, -0.15) is 0 Å². The smallest absolute Gasteiger partial charge is 0.0634 e. The van der Waals surface area contributed by atoms with Gasteiger partial charge in [-0.3, -0.25) is 0 Å². The molecule has 0 bridgehead atoms. The summed E-state index contributed by atoms with van der Waals surface area (Å²) >= 11 is 0. The topological polar surface area (TPSA) is 41.5 Å². The molecular formula is C8H19NO2. The molecule has 68 valence electrons. The Balaban J connectivity index is 3.23. The summed E-state index contributed by atoms with van der Waals surface area (Å²) in [4.78, 5) is 0. The summed E-state index contributed by atoms with van der Waals surface area (Å²) in [5.41, 5.74) is -0.0531. The van der Waals surface area contributed by atoms with Crippen LogP contribution >= 0.6 is 0 Å². The van der Waals surface area contributed by atoms with Crippen molar-refractivity contribution in [3.63, 3.8) is 0 Å². The van der Waals surface area contributed by atoms with E-state index in [1.807, 2.05) is 13.8 Å². The maximum absolute atomic E-state index is 8.46. The standard InChI is InChI=1S/C8H19NO2/c1-8(2,11-3)4-5-9-6-7-10/h9-10H,4-7H2,1-3H3. The van der Waals surface area contributed by atoms with Crippen LogP contribution in [0, 0.1) is 0 Å². The summed E-state index contributed by atoms with van der Waals surface area (Å²) in [6.07, 6.45) is 0.962. The third-order valence-corrected chi connectivity index (χ3v) is 1.75. The SMILES string of the molecule is COC(C)(C)CCNCCO. The summed E-state index contributed by atoms with van der Waals surface area (Å²) in [7, 11) is 1.71. The molecule has 0 heterocycles. The minimum atomic E-state index is -0.0531. The Morgan fingerprint density at radius 2 is 2.00 bits per heavy atom. The second-order valence-corrected chi connectivity index (χ2v) is 3.19. The molecule has 0 saturated heterocycles. The average molecular weight is 161 g/mol. The van der Waals surface area contributed by atoms with Crippen molar-refractivity contribution in [2.24, 2.45) is 0 Å². The van der Waals surface area contributed by atoms with E-state index in [1.165, 1.54) is 0 Å². The normalized spacial score (nSPS) is 12.0. The lowest BCUT2D eigenvalue weighted by Crippen LogP contribution is -2.30. The fourth-order valence-corrected chi connectivity index (χ4v) is 0.696. The van der Waals surface area contributed by atoms with Crippen molar-refractivity contribution in [3.8, 4) is 0 Å². The fourth-order valence-electron chi connectivity index (χ4n) is 0.696. The number of aliphatic hydroxyl groups excluding tert-OH is 1. The Morgan fingerprint density at radius 1 is 1.36 bits per heavy atom. The molecule has 0 saturated carbocycles. The third kappa shape index (κ3) is 6.28. The molecule has 0 unspecified atom stereocenters. The van der Waals surface area contributed by atoms with Gasteiger partial charge in [0.2, 0.25) is 0 Å². The van der Waals surface area contributed by atoms with E-state index in [-0.39, 0.29) is 12.2 Å². The first-order chi connectivity index (χ1) is 5.12. The van der Waals surface area contributed by atoms with Crippen molar-refractivity contribution in [1.82, 2.24) is 5.32 Å². The third-order valence-electron chi connectivity index (χ3n) is 1.75. The highest BCUT2D eigenvalue weighted by Crippen LogP contribution is 2.10. The first-order valence-corrected chi connectivity index (χ1v) is 3.99. The van der Waals surface area contributed by atoms with Crippen LogP contribution in [0.1, 0.15) is 20.3 Å². The van der Waals surface area contributed by atoms with Gasteiger partial charge in [0.05, 0.1) is 12.2 Å². The van der Waals surface area contributed by atoms with Gasteiger partial charge in [0.1, 0.15) is 0 Å². The maximum Gasteiger partial charge on any atom is 0.0634 e. The predicted molar refractivity (Wildman–Crippen MR) is 45.7 cm³/mol. The van der Waals surface area contributed by atoms with Gasteiger partial charge in [0, 0.05) is 13.7 Å². The molecule has 0 aromatic carbocycles. The van der Waals surface area contributed by atoms with Crippen LogP contribution in [0.3, 0.4) is 0 Å². The van der Waals surface area contributed by atoms with Crippen molar-refractivity contribution in [2.45, 2.75) is 25.9 Å². The number of rotatable bonds is 6. The predicted octanol–water partition coefficient (Wildman–Crippen LogP) is 0.383. The molecule has 0 amide bonds. The Morgan fingerprint density at radius 3 is 2.45 bits per heavy atom. The van der Waals surface area contributed by atoms with Gasteiger partial charge >= 0.3 is 0 Å². The monoisotopic (exact) mass is 161 g/mol. The zero-order valence-corrected chi connectivity index (χ0v) is 7.68. The second-order valence-electron chi connectivity index (χ2n) is 3.19. The van der Waals surface area contributed by atoms with Crippen molar-refractivity contribution in [2.75, 3.05) is 26.8 Å². The van der Waals surface area contributed by atoms with Crippen LogP contribution in [-0.2, 0) is 4.74 Å².